The van der Waals surface area contributed by atoms with Crippen LogP contribution in [0.25, 0.3) is 0 Å². The fourth-order valence-corrected chi connectivity index (χ4v) is 3.54. The summed E-state index contributed by atoms with van der Waals surface area (Å²) in [5.41, 5.74) is 3.80. The molecule has 130 valence electrons. The summed E-state index contributed by atoms with van der Waals surface area (Å²) in [6.45, 7) is 6.43. The van der Waals surface area contributed by atoms with Gasteiger partial charge in [0.15, 0.2) is 0 Å². The Balaban J connectivity index is 1.61. The van der Waals surface area contributed by atoms with Gasteiger partial charge in [-0.05, 0) is 42.7 Å². The Bertz CT molecular complexity index is 785. The minimum atomic E-state index is -0.335. The summed E-state index contributed by atoms with van der Waals surface area (Å²) in [6.07, 6.45) is -0.0871. The molecule has 2 heterocycles. The van der Waals surface area contributed by atoms with Gasteiger partial charge in [0.1, 0.15) is 6.10 Å². The molecule has 4 nitrogen and oxygen atoms in total. The van der Waals surface area contributed by atoms with Crippen LogP contribution in [0.3, 0.4) is 0 Å². The van der Waals surface area contributed by atoms with E-state index in [-0.39, 0.29) is 17.6 Å². The number of nitrogens with zero attached hydrogens (tertiary/aromatic N) is 1. The molecule has 4 rings (SSSR count). The zero-order valence-electron chi connectivity index (χ0n) is 14.7. The number of ether oxygens (including phenoxy) is 2. The lowest BCUT2D eigenvalue weighted by molar-refractivity contribution is -0.0846. The monoisotopic (exact) mass is 337 g/mol. The van der Waals surface area contributed by atoms with Gasteiger partial charge in [-0.1, -0.05) is 36.4 Å². The van der Waals surface area contributed by atoms with Crippen LogP contribution in [0.2, 0.25) is 0 Å². The Hall–Kier alpha value is -2.17. The highest BCUT2D eigenvalue weighted by molar-refractivity contribution is 5.95. The zero-order chi connectivity index (χ0) is 17.4. The number of amides is 1. The van der Waals surface area contributed by atoms with E-state index in [2.05, 4.69) is 26.0 Å². The topological polar surface area (TPSA) is 38.8 Å². The molecular formula is C21H23NO3. The molecule has 1 saturated heterocycles. The van der Waals surface area contributed by atoms with Crippen LogP contribution < -0.4 is 0 Å². The first kappa shape index (κ1) is 16.3. The van der Waals surface area contributed by atoms with Crippen molar-refractivity contribution >= 4 is 5.91 Å². The Morgan fingerprint density at radius 2 is 1.84 bits per heavy atom. The normalized spacial score (nSPS) is 21.8. The Morgan fingerprint density at radius 3 is 2.64 bits per heavy atom. The Labute approximate surface area is 148 Å². The van der Waals surface area contributed by atoms with Gasteiger partial charge in [-0.15, -0.1) is 0 Å². The first-order chi connectivity index (χ1) is 12.0. The summed E-state index contributed by atoms with van der Waals surface area (Å²) in [7, 11) is 0. The summed E-state index contributed by atoms with van der Waals surface area (Å²) in [5.74, 6) is 0.0592. The lowest BCUT2D eigenvalue weighted by Gasteiger charge is -2.45. The predicted octanol–water partition coefficient (Wildman–Crippen LogP) is 3.71. The molecule has 1 atom stereocenters. The van der Waals surface area contributed by atoms with Gasteiger partial charge in [0.25, 0.3) is 5.91 Å². The molecule has 25 heavy (non-hydrogen) atoms. The Morgan fingerprint density at radius 1 is 1.08 bits per heavy atom. The van der Waals surface area contributed by atoms with Crippen molar-refractivity contribution in [3.8, 4) is 0 Å². The van der Waals surface area contributed by atoms with Gasteiger partial charge >= 0.3 is 0 Å². The van der Waals surface area contributed by atoms with Crippen molar-refractivity contribution in [2.75, 3.05) is 13.2 Å². The van der Waals surface area contributed by atoms with Crippen LogP contribution in [-0.2, 0) is 22.7 Å². The van der Waals surface area contributed by atoms with Crippen molar-refractivity contribution in [1.82, 2.24) is 4.90 Å². The minimum Gasteiger partial charge on any atom is -0.372 e. The number of morpholine rings is 1. The molecule has 2 aromatic rings. The summed E-state index contributed by atoms with van der Waals surface area (Å²) in [6, 6.07) is 16.0. The van der Waals surface area contributed by atoms with Gasteiger partial charge in [-0.25, -0.2) is 0 Å². The van der Waals surface area contributed by atoms with Crippen LogP contribution >= 0.6 is 0 Å². The van der Waals surface area contributed by atoms with Gasteiger partial charge in [-0.2, -0.15) is 0 Å². The van der Waals surface area contributed by atoms with Crippen molar-refractivity contribution in [2.45, 2.75) is 38.7 Å². The molecule has 1 unspecified atom stereocenters. The highest BCUT2D eigenvalue weighted by Crippen LogP contribution is 2.32. The van der Waals surface area contributed by atoms with Crippen molar-refractivity contribution < 1.29 is 14.3 Å². The lowest BCUT2D eigenvalue weighted by atomic mass is 9.96. The molecule has 1 fully saturated rings. The van der Waals surface area contributed by atoms with Crippen LogP contribution in [0.5, 0.6) is 0 Å². The second-order valence-corrected chi connectivity index (χ2v) is 7.41. The molecule has 1 amide bonds. The largest absolute Gasteiger partial charge is 0.372 e. The van der Waals surface area contributed by atoms with Crippen LogP contribution in [0.4, 0.5) is 0 Å². The molecule has 4 heteroatoms. The second kappa shape index (κ2) is 6.28. The van der Waals surface area contributed by atoms with E-state index in [0.29, 0.717) is 26.4 Å². The van der Waals surface area contributed by atoms with E-state index >= 15 is 0 Å². The SMILES string of the molecule is CC1(C)COC(c2ccccc2)CN1C(=O)c1ccc2c(c1)COC2. The molecule has 2 aromatic carbocycles. The average Bonchev–Trinajstić information content (AvgIpc) is 3.09. The maximum Gasteiger partial charge on any atom is 0.254 e. The smallest absolute Gasteiger partial charge is 0.254 e. The molecule has 0 aliphatic carbocycles. The molecular weight excluding hydrogens is 314 g/mol. The molecule has 0 aromatic heterocycles. The van der Waals surface area contributed by atoms with Crippen molar-refractivity contribution in [3.63, 3.8) is 0 Å². The van der Waals surface area contributed by atoms with Gasteiger partial charge < -0.3 is 14.4 Å². The van der Waals surface area contributed by atoms with E-state index in [0.717, 1.165) is 16.7 Å². The number of rotatable bonds is 2. The van der Waals surface area contributed by atoms with Crippen molar-refractivity contribution in [3.05, 3.63) is 70.8 Å². The number of benzene rings is 2. The minimum absolute atomic E-state index is 0.0592. The number of carbonyl (C=O) groups excluding carboxylic acids is 1. The molecule has 2 aliphatic rings. The van der Waals surface area contributed by atoms with E-state index in [9.17, 15) is 4.79 Å². The van der Waals surface area contributed by atoms with E-state index < -0.39 is 0 Å². The van der Waals surface area contributed by atoms with E-state index in [1.807, 2.05) is 41.3 Å². The van der Waals surface area contributed by atoms with Gasteiger partial charge in [0.05, 0.1) is 31.9 Å². The third-order valence-electron chi connectivity index (χ3n) is 5.10. The number of hydrogen-bond acceptors (Lipinski definition) is 3. The maximum absolute atomic E-state index is 13.2. The Kier molecular flexibility index (Phi) is 4.10. The van der Waals surface area contributed by atoms with Gasteiger partial charge in [0.2, 0.25) is 0 Å². The molecule has 2 aliphatic heterocycles. The number of fused-ring (bicyclic) bond motifs is 1. The summed E-state index contributed by atoms with van der Waals surface area (Å²) in [4.78, 5) is 15.2. The standard InChI is InChI=1S/C21H23NO3/c1-21(2)14-25-19(15-6-4-3-5-7-15)11-22(21)20(23)16-8-9-17-12-24-13-18(17)10-16/h3-10,19H,11-14H2,1-2H3. The summed E-state index contributed by atoms with van der Waals surface area (Å²) >= 11 is 0. The van der Waals surface area contributed by atoms with Crippen LogP contribution in [0.1, 0.15) is 47.0 Å². The predicted molar refractivity (Wildman–Crippen MR) is 95.2 cm³/mol. The van der Waals surface area contributed by atoms with E-state index in [1.54, 1.807) is 0 Å². The first-order valence-corrected chi connectivity index (χ1v) is 8.73. The third kappa shape index (κ3) is 3.08. The average molecular weight is 337 g/mol. The lowest BCUT2D eigenvalue weighted by Crippen LogP contribution is -2.56. The second-order valence-electron chi connectivity index (χ2n) is 7.41. The molecule has 0 radical (unpaired) electrons. The highest BCUT2D eigenvalue weighted by atomic mass is 16.5. The van der Waals surface area contributed by atoms with Crippen molar-refractivity contribution in [2.24, 2.45) is 0 Å². The fraction of sp³-hybridized carbons (Fsp3) is 0.381. The highest BCUT2D eigenvalue weighted by Gasteiger charge is 2.39. The molecule has 0 saturated carbocycles. The number of hydrogen-bond donors (Lipinski definition) is 0. The van der Waals surface area contributed by atoms with Crippen LogP contribution in [0, 0.1) is 0 Å². The van der Waals surface area contributed by atoms with E-state index in [4.69, 9.17) is 9.47 Å². The summed E-state index contributed by atoms with van der Waals surface area (Å²) < 4.78 is 11.5. The van der Waals surface area contributed by atoms with Crippen molar-refractivity contribution in [1.29, 1.82) is 0 Å². The van der Waals surface area contributed by atoms with Crippen LogP contribution in [0.15, 0.2) is 48.5 Å². The summed E-state index contributed by atoms with van der Waals surface area (Å²) in [5, 5.41) is 0. The first-order valence-electron chi connectivity index (χ1n) is 8.73. The number of carbonyl (C=O) groups is 1. The van der Waals surface area contributed by atoms with Gasteiger partial charge in [0, 0.05) is 5.56 Å². The molecule has 0 N–H and O–H groups in total. The van der Waals surface area contributed by atoms with Gasteiger partial charge in [-0.3, -0.25) is 4.79 Å². The zero-order valence-corrected chi connectivity index (χ0v) is 14.7. The fourth-order valence-electron chi connectivity index (χ4n) is 3.54. The van der Waals surface area contributed by atoms with E-state index in [1.165, 1.54) is 5.56 Å². The quantitative estimate of drug-likeness (QED) is 0.838. The molecule has 0 spiro atoms. The van der Waals surface area contributed by atoms with Crippen LogP contribution in [-0.4, -0.2) is 29.5 Å². The third-order valence-corrected chi connectivity index (χ3v) is 5.10. The molecule has 0 bridgehead atoms. The maximum atomic E-state index is 13.2.